The molecule has 76 valence electrons. The third-order valence-electron chi connectivity index (χ3n) is 1.65. The number of nitrogens with zero attached hydrogens (tertiary/aromatic N) is 3. The molecule has 7 nitrogen and oxygen atoms in total. The maximum absolute atomic E-state index is 11.2. The Balaban J connectivity index is 2.95. The zero-order valence-electron chi connectivity index (χ0n) is 7.08. The number of carbonyl (C=O) groups is 1. The van der Waals surface area contributed by atoms with Gasteiger partial charge in [0.25, 0.3) is 0 Å². The van der Waals surface area contributed by atoms with Gasteiger partial charge in [-0.05, 0) is 11.5 Å². The third-order valence-corrected chi connectivity index (χ3v) is 2.36. The predicted octanol–water partition coefficient (Wildman–Crippen LogP) is -0.261. The van der Waals surface area contributed by atoms with Crippen LogP contribution in [0, 0.1) is 0 Å². The van der Waals surface area contributed by atoms with Gasteiger partial charge >= 0.3 is 11.8 Å². The molecule has 0 unspecified atom stereocenters. The summed E-state index contributed by atoms with van der Waals surface area (Å²) in [6.45, 7) is 0. The van der Waals surface area contributed by atoms with Crippen LogP contribution in [-0.4, -0.2) is 25.1 Å². The molecule has 2 rings (SSSR count). The molecule has 0 aliphatic carbocycles. The summed E-state index contributed by atoms with van der Waals surface area (Å²) in [5.74, 6) is 0. The second-order valence-electron chi connectivity index (χ2n) is 2.58. The molecule has 2 aromatic rings. The molecule has 0 aliphatic rings. The summed E-state index contributed by atoms with van der Waals surface area (Å²) in [6, 6.07) is 0. The monoisotopic (exact) mass is 225 g/mol. The number of hydrogen-bond acceptors (Lipinski definition) is 6. The van der Waals surface area contributed by atoms with E-state index in [2.05, 4.69) is 9.36 Å². The van der Waals surface area contributed by atoms with Crippen LogP contribution in [0.15, 0.2) is 22.0 Å². The number of fused-ring (bicyclic) bond motifs is 1. The standard InChI is InChI=1S/C7H3N3O4S/c11-3-1-8-15-4-2-10(7(13)14)6(12)9-5(3)4/h1-2H,(H,13,14). The first-order valence-corrected chi connectivity index (χ1v) is 4.48. The van der Waals surface area contributed by atoms with E-state index in [0.29, 0.717) is 4.57 Å². The highest BCUT2D eigenvalue weighted by molar-refractivity contribution is 7.12. The second-order valence-corrected chi connectivity index (χ2v) is 3.41. The fourth-order valence-corrected chi connectivity index (χ4v) is 1.66. The Hall–Kier alpha value is -2.09. The topological polar surface area (TPSA) is 102 Å². The highest BCUT2D eigenvalue weighted by atomic mass is 32.1. The minimum atomic E-state index is -1.45. The van der Waals surface area contributed by atoms with Crippen molar-refractivity contribution in [2.24, 2.45) is 0 Å². The van der Waals surface area contributed by atoms with E-state index in [1.807, 2.05) is 0 Å². The number of carboxylic acid groups (broad SMARTS) is 1. The van der Waals surface area contributed by atoms with E-state index in [9.17, 15) is 14.4 Å². The van der Waals surface area contributed by atoms with Crippen molar-refractivity contribution in [1.29, 1.82) is 0 Å². The zero-order valence-corrected chi connectivity index (χ0v) is 7.89. The van der Waals surface area contributed by atoms with Crippen LogP contribution in [0.25, 0.3) is 10.2 Å². The molecule has 0 spiro atoms. The molecule has 0 aliphatic heterocycles. The van der Waals surface area contributed by atoms with Gasteiger partial charge in [0.2, 0.25) is 5.43 Å². The summed E-state index contributed by atoms with van der Waals surface area (Å²) in [4.78, 5) is 36.3. The molecular formula is C7H3N3O4S. The number of hydrogen-bond donors (Lipinski definition) is 1. The average molecular weight is 225 g/mol. The van der Waals surface area contributed by atoms with Gasteiger partial charge in [-0.3, -0.25) is 4.79 Å². The summed E-state index contributed by atoms with van der Waals surface area (Å²) in [6.07, 6.45) is 0.620. The van der Waals surface area contributed by atoms with Crippen molar-refractivity contribution in [3.05, 3.63) is 33.1 Å². The van der Waals surface area contributed by atoms with Gasteiger partial charge in [-0.15, -0.1) is 0 Å². The average Bonchev–Trinajstić information content (AvgIpc) is 2.18. The SMILES string of the molecule is O=C(O)n1cc2sncc(=O)c2nc1=O. The maximum atomic E-state index is 11.2. The van der Waals surface area contributed by atoms with E-state index in [-0.39, 0.29) is 10.2 Å². The summed E-state index contributed by atoms with van der Waals surface area (Å²) in [7, 11) is 0. The lowest BCUT2D eigenvalue weighted by Crippen LogP contribution is -2.28. The molecule has 0 aromatic carbocycles. The molecule has 0 saturated carbocycles. The first-order valence-electron chi connectivity index (χ1n) is 3.71. The van der Waals surface area contributed by atoms with Crippen molar-refractivity contribution >= 4 is 27.8 Å². The van der Waals surface area contributed by atoms with Crippen LogP contribution < -0.4 is 11.1 Å². The first-order chi connectivity index (χ1) is 7.09. The van der Waals surface area contributed by atoms with Crippen LogP contribution in [0.1, 0.15) is 0 Å². The molecule has 15 heavy (non-hydrogen) atoms. The van der Waals surface area contributed by atoms with Crippen molar-refractivity contribution in [1.82, 2.24) is 13.9 Å². The Morgan fingerprint density at radius 3 is 2.87 bits per heavy atom. The van der Waals surface area contributed by atoms with Gasteiger partial charge in [-0.25, -0.2) is 14.2 Å². The van der Waals surface area contributed by atoms with Gasteiger partial charge in [0, 0.05) is 6.20 Å². The molecule has 0 radical (unpaired) electrons. The molecule has 2 heterocycles. The van der Waals surface area contributed by atoms with Gasteiger partial charge in [-0.2, -0.15) is 9.36 Å². The molecule has 2 aromatic heterocycles. The second kappa shape index (κ2) is 3.24. The summed E-state index contributed by atoms with van der Waals surface area (Å²) < 4.78 is 4.28. The van der Waals surface area contributed by atoms with Crippen molar-refractivity contribution in [2.75, 3.05) is 0 Å². The number of rotatable bonds is 0. The summed E-state index contributed by atoms with van der Waals surface area (Å²) >= 11 is 0.896. The fraction of sp³-hybridized carbons (Fsp3) is 0. The van der Waals surface area contributed by atoms with Gasteiger partial charge in [0.05, 0.1) is 10.9 Å². The van der Waals surface area contributed by atoms with Crippen LogP contribution in [-0.2, 0) is 0 Å². The molecule has 8 heteroatoms. The normalized spacial score (nSPS) is 10.4. The Morgan fingerprint density at radius 1 is 1.47 bits per heavy atom. The molecular weight excluding hydrogens is 222 g/mol. The molecule has 0 bridgehead atoms. The van der Waals surface area contributed by atoms with Crippen LogP contribution in [0.5, 0.6) is 0 Å². The Bertz CT molecular complexity index is 659. The predicted molar refractivity (Wildman–Crippen MR) is 51.4 cm³/mol. The molecule has 0 fully saturated rings. The third kappa shape index (κ3) is 1.50. The van der Waals surface area contributed by atoms with Crippen molar-refractivity contribution in [2.45, 2.75) is 0 Å². The van der Waals surface area contributed by atoms with Gasteiger partial charge in [0.1, 0.15) is 5.52 Å². The minimum Gasteiger partial charge on any atom is -0.464 e. The molecule has 0 saturated heterocycles. The number of aromatic nitrogens is 3. The highest BCUT2D eigenvalue weighted by Gasteiger charge is 2.09. The molecule has 0 atom stereocenters. The summed E-state index contributed by atoms with van der Waals surface area (Å²) in [5, 5.41) is 8.62. The van der Waals surface area contributed by atoms with Crippen LogP contribution in [0.2, 0.25) is 0 Å². The zero-order chi connectivity index (χ0) is 11.0. The highest BCUT2D eigenvalue weighted by Crippen LogP contribution is 2.06. The first kappa shape index (κ1) is 9.46. The van der Waals surface area contributed by atoms with Crippen molar-refractivity contribution in [3.8, 4) is 0 Å². The quantitative estimate of drug-likeness (QED) is 0.662. The smallest absolute Gasteiger partial charge is 0.419 e. The minimum absolute atomic E-state index is 0.0579. The lowest BCUT2D eigenvalue weighted by atomic mass is 10.4. The lowest BCUT2D eigenvalue weighted by molar-refractivity contribution is 0.195. The van der Waals surface area contributed by atoms with E-state index in [4.69, 9.17) is 5.11 Å². The molecule has 0 amide bonds. The van der Waals surface area contributed by atoms with Crippen molar-refractivity contribution < 1.29 is 9.90 Å². The van der Waals surface area contributed by atoms with Crippen LogP contribution in [0.4, 0.5) is 4.79 Å². The van der Waals surface area contributed by atoms with E-state index in [1.54, 1.807) is 0 Å². The Morgan fingerprint density at radius 2 is 2.20 bits per heavy atom. The van der Waals surface area contributed by atoms with Gasteiger partial charge in [0.15, 0.2) is 0 Å². The summed E-state index contributed by atoms with van der Waals surface area (Å²) in [5.41, 5.74) is -1.55. The lowest BCUT2D eigenvalue weighted by Gasteiger charge is -1.97. The van der Waals surface area contributed by atoms with Gasteiger partial charge in [-0.1, -0.05) is 0 Å². The van der Waals surface area contributed by atoms with E-state index in [1.165, 1.54) is 0 Å². The fourth-order valence-electron chi connectivity index (χ4n) is 1.01. The largest absolute Gasteiger partial charge is 0.464 e. The van der Waals surface area contributed by atoms with Gasteiger partial charge < -0.3 is 5.11 Å². The van der Waals surface area contributed by atoms with E-state index in [0.717, 1.165) is 23.9 Å². The van der Waals surface area contributed by atoms with E-state index >= 15 is 0 Å². The maximum Gasteiger partial charge on any atom is 0.419 e. The van der Waals surface area contributed by atoms with Crippen LogP contribution >= 0.6 is 11.5 Å². The van der Waals surface area contributed by atoms with Crippen molar-refractivity contribution in [3.63, 3.8) is 0 Å². The van der Waals surface area contributed by atoms with Crippen LogP contribution in [0.3, 0.4) is 0 Å². The van der Waals surface area contributed by atoms with E-state index < -0.39 is 17.2 Å². The Kier molecular flexibility index (Phi) is 2.05. The Labute approximate surface area is 85.4 Å². The molecule has 1 N–H and O–H groups in total.